The molecule has 0 rings (SSSR count). The molecular weight excluding hydrogens is 492 g/mol. The van der Waals surface area contributed by atoms with Gasteiger partial charge in [0.15, 0.2) is 5.96 Å². The maximum absolute atomic E-state index is 13.0. The van der Waals surface area contributed by atoms with E-state index in [1.165, 1.54) is 0 Å². The molecule has 0 aromatic rings. The van der Waals surface area contributed by atoms with E-state index >= 15 is 0 Å². The van der Waals surface area contributed by atoms with E-state index in [-0.39, 0.29) is 38.2 Å². The lowest BCUT2D eigenvalue weighted by atomic mass is 9.97. The average molecular weight is 531 g/mol. The van der Waals surface area contributed by atoms with Crippen molar-refractivity contribution in [3.05, 3.63) is 0 Å². The molecule has 0 aromatic carbocycles. The van der Waals surface area contributed by atoms with Gasteiger partial charge in [0.1, 0.15) is 18.1 Å². The SMILES string of the molecule is CCC(C)C(NC(=O)C(N)CC(=O)O)C(=O)NC(CCC(N)=O)C(=O)NC(CCCN=C(N)N)C(=O)O. The Hall–Kier alpha value is -3.95. The molecule has 0 aliphatic rings. The van der Waals surface area contributed by atoms with Crippen molar-refractivity contribution in [2.75, 3.05) is 6.54 Å². The molecule has 0 aliphatic heterocycles. The van der Waals surface area contributed by atoms with Crippen LogP contribution in [-0.4, -0.2) is 82.5 Å². The zero-order chi connectivity index (χ0) is 28.7. The lowest BCUT2D eigenvalue weighted by Crippen LogP contribution is -2.58. The normalized spacial score (nSPS) is 14.7. The Morgan fingerprint density at radius 1 is 0.865 bits per heavy atom. The topological polar surface area (TPSA) is 295 Å². The number of nitrogens with one attached hydrogen (secondary N) is 3. The molecular formula is C21H38N8O8. The largest absolute Gasteiger partial charge is 0.481 e. The Morgan fingerprint density at radius 3 is 1.95 bits per heavy atom. The molecule has 16 heteroatoms. The highest BCUT2D eigenvalue weighted by molar-refractivity contribution is 5.95. The predicted octanol–water partition coefficient (Wildman–Crippen LogP) is -3.31. The van der Waals surface area contributed by atoms with Gasteiger partial charge in [-0.25, -0.2) is 4.79 Å². The lowest BCUT2D eigenvalue weighted by molar-refractivity contribution is -0.142. The number of amides is 4. The summed E-state index contributed by atoms with van der Waals surface area (Å²) in [6.07, 6.45) is -0.587. The van der Waals surface area contributed by atoms with Crippen LogP contribution in [-0.2, 0) is 28.8 Å². The third-order valence-corrected chi connectivity index (χ3v) is 5.40. The first-order valence-electron chi connectivity index (χ1n) is 11.6. The number of carbonyl (C=O) groups excluding carboxylic acids is 4. The molecule has 37 heavy (non-hydrogen) atoms. The van der Waals surface area contributed by atoms with Crippen molar-refractivity contribution < 1.29 is 39.0 Å². The summed E-state index contributed by atoms with van der Waals surface area (Å²) in [5, 5.41) is 25.4. The molecule has 0 aliphatic carbocycles. The number of aliphatic imine (C=N–C) groups is 1. The molecule has 210 valence electrons. The van der Waals surface area contributed by atoms with Crippen LogP contribution in [0.3, 0.4) is 0 Å². The van der Waals surface area contributed by atoms with E-state index in [1.54, 1.807) is 13.8 Å². The van der Waals surface area contributed by atoms with Crippen LogP contribution in [0.5, 0.6) is 0 Å². The smallest absolute Gasteiger partial charge is 0.326 e. The van der Waals surface area contributed by atoms with Crippen molar-refractivity contribution in [1.29, 1.82) is 0 Å². The molecule has 0 saturated heterocycles. The summed E-state index contributed by atoms with van der Waals surface area (Å²) < 4.78 is 0. The number of rotatable bonds is 18. The quantitative estimate of drug-likeness (QED) is 0.0480. The Bertz CT molecular complexity index is 861. The van der Waals surface area contributed by atoms with Gasteiger partial charge in [-0.15, -0.1) is 0 Å². The molecule has 0 fully saturated rings. The van der Waals surface area contributed by atoms with Crippen molar-refractivity contribution >= 4 is 41.5 Å². The number of hydrogen-bond donors (Lipinski definition) is 9. The maximum atomic E-state index is 13.0. The van der Waals surface area contributed by atoms with Crippen molar-refractivity contribution in [3.8, 4) is 0 Å². The Kier molecular flexibility index (Phi) is 14.9. The summed E-state index contributed by atoms with van der Waals surface area (Å²) in [5.74, 6) is -6.61. The van der Waals surface area contributed by atoms with Gasteiger partial charge in [0, 0.05) is 13.0 Å². The fourth-order valence-corrected chi connectivity index (χ4v) is 3.09. The van der Waals surface area contributed by atoms with E-state index < -0.39 is 72.1 Å². The number of primary amides is 1. The fraction of sp³-hybridized carbons (Fsp3) is 0.667. The highest BCUT2D eigenvalue weighted by Gasteiger charge is 2.32. The second-order valence-electron chi connectivity index (χ2n) is 8.49. The molecule has 0 aromatic heterocycles. The van der Waals surface area contributed by atoms with Crippen LogP contribution in [0.2, 0.25) is 0 Å². The van der Waals surface area contributed by atoms with E-state index in [2.05, 4.69) is 20.9 Å². The first-order valence-corrected chi connectivity index (χ1v) is 11.6. The van der Waals surface area contributed by atoms with E-state index in [0.717, 1.165) is 0 Å². The molecule has 13 N–H and O–H groups in total. The highest BCUT2D eigenvalue weighted by Crippen LogP contribution is 2.10. The summed E-state index contributed by atoms with van der Waals surface area (Å²) in [5.41, 5.74) is 21.2. The molecule has 5 atom stereocenters. The van der Waals surface area contributed by atoms with Crippen LogP contribution in [0.25, 0.3) is 0 Å². The van der Waals surface area contributed by atoms with Crippen LogP contribution in [0.4, 0.5) is 0 Å². The Balaban J connectivity index is 5.61. The molecule has 16 nitrogen and oxygen atoms in total. The van der Waals surface area contributed by atoms with Crippen molar-refractivity contribution in [3.63, 3.8) is 0 Å². The Morgan fingerprint density at radius 2 is 1.46 bits per heavy atom. The monoisotopic (exact) mass is 530 g/mol. The zero-order valence-corrected chi connectivity index (χ0v) is 20.9. The van der Waals surface area contributed by atoms with Crippen LogP contribution in [0, 0.1) is 5.92 Å². The summed E-state index contributed by atoms with van der Waals surface area (Å²) in [4.78, 5) is 75.7. The second kappa shape index (κ2) is 16.7. The number of guanidine groups is 1. The van der Waals surface area contributed by atoms with Gasteiger partial charge in [-0.3, -0.25) is 29.0 Å². The molecule has 0 bridgehead atoms. The summed E-state index contributed by atoms with van der Waals surface area (Å²) >= 11 is 0. The molecule has 4 amide bonds. The highest BCUT2D eigenvalue weighted by atomic mass is 16.4. The number of nitrogens with zero attached hydrogens (tertiary/aromatic N) is 1. The average Bonchev–Trinajstić information content (AvgIpc) is 2.79. The minimum absolute atomic E-state index is 0.0264. The summed E-state index contributed by atoms with van der Waals surface area (Å²) in [6.45, 7) is 3.51. The maximum Gasteiger partial charge on any atom is 0.326 e. The number of hydrogen-bond acceptors (Lipinski definition) is 8. The number of carboxylic acid groups (broad SMARTS) is 2. The van der Waals surface area contributed by atoms with Crippen molar-refractivity contribution in [1.82, 2.24) is 16.0 Å². The minimum atomic E-state index is -1.42. The summed E-state index contributed by atoms with van der Waals surface area (Å²) in [7, 11) is 0. The minimum Gasteiger partial charge on any atom is -0.481 e. The van der Waals surface area contributed by atoms with Crippen LogP contribution in [0.15, 0.2) is 4.99 Å². The van der Waals surface area contributed by atoms with Gasteiger partial charge in [-0.05, 0) is 25.2 Å². The van der Waals surface area contributed by atoms with E-state index in [1.807, 2.05) is 0 Å². The lowest BCUT2D eigenvalue weighted by Gasteiger charge is -2.27. The van der Waals surface area contributed by atoms with Crippen molar-refractivity contribution in [2.24, 2.45) is 33.8 Å². The van der Waals surface area contributed by atoms with Gasteiger partial charge in [-0.1, -0.05) is 20.3 Å². The fourth-order valence-electron chi connectivity index (χ4n) is 3.09. The molecule has 0 saturated carbocycles. The third kappa shape index (κ3) is 13.6. The first-order chi connectivity index (χ1) is 17.2. The second-order valence-corrected chi connectivity index (χ2v) is 8.49. The number of nitrogens with two attached hydrogens (primary N) is 4. The van der Waals surface area contributed by atoms with Crippen molar-refractivity contribution in [2.45, 2.75) is 76.5 Å². The van der Waals surface area contributed by atoms with E-state index in [4.69, 9.17) is 28.0 Å². The molecule has 5 unspecified atom stereocenters. The van der Waals surface area contributed by atoms with Crippen LogP contribution in [0.1, 0.15) is 52.4 Å². The van der Waals surface area contributed by atoms with Gasteiger partial charge in [0.25, 0.3) is 0 Å². The predicted molar refractivity (Wildman–Crippen MR) is 131 cm³/mol. The molecule has 0 spiro atoms. The van der Waals surface area contributed by atoms with Gasteiger partial charge >= 0.3 is 11.9 Å². The van der Waals surface area contributed by atoms with Crippen LogP contribution >= 0.6 is 0 Å². The Labute approximate surface area is 214 Å². The standard InChI is InChI=1S/C21H38N8O8/c1-3-10(2)16(29-17(33)11(22)9-15(31)32)19(35)27-12(6-7-14(23)30)18(34)28-13(20(36)37)5-4-8-26-21(24)25/h10-13,16H,3-9,22H2,1-2H3,(H2,23,30)(H,27,35)(H,28,34)(H,29,33)(H,31,32)(H,36,37)(H4,24,25,26). The molecule has 0 heterocycles. The number of carboxylic acids is 2. The third-order valence-electron chi connectivity index (χ3n) is 5.40. The van der Waals surface area contributed by atoms with Crippen LogP contribution < -0.4 is 38.9 Å². The molecule has 0 radical (unpaired) electrons. The first kappa shape index (κ1) is 33.0. The van der Waals surface area contributed by atoms with Gasteiger partial charge in [-0.2, -0.15) is 0 Å². The number of aliphatic carboxylic acids is 2. The van der Waals surface area contributed by atoms with Gasteiger partial charge < -0.3 is 49.1 Å². The van der Waals surface area contributed by atoms with Gasteiger partial charge in [0.2, 0.25) is 23.6 Å². The summed E-state index contributed by atoms with van der Waals surface area (Å²) in [6, 6.07) is -5.32. The van der Waals surface area contributed by atoms with E-state index in [9.17, 15) is 33.9 Å². The zero-order valence-electron chi connectivity index (χ0n) is 20.9. The van der Waals surface area contributed by atoms with Gasteiger partial charge in [0.05, 0.1) is 12.5 Å². The number of carbonyl (C=O) groups is 6. The van der Waals surface area contributed by atoms with E-state index in [0.29, 0.717) is 6.42 Å².